The highest BCUT2D eigenvalue weighted by Crippen LogP contribution is 2.21. The molecule has 4 heteroatoms. The maximum Gasteiger partial charge on any atom is 0.263 e. The van der Waals surface area contributed by atoms with Gasteiger partial charge in [-0.1, -0.05) is 30.3 Å². The summed E-state index contributed by atoms with van der Waals surface area (Å²) in [4.78, 5) is 12.4. The van der Waals surface area contributed by atoms with Crippen molar-refractivity contribution in [2.75, 3.05) is 0 Å². The molecule has 1 aromatic carbocycles. The third-order valence-electron chi connectivity index (χ3n) is 2.22. The molecule has 0 radical (unpaired) electrons. The van der Waals surface area contributed by atoms with Crippen LogP contribution in [0.15, 0.2) is 36.4 Å². The minimum absolute atomic E-state index is 0.0559. The fraction of sp³-hybridized carbons (Fsp3) is 0.231. The lowest BCUT2D eigenvalue weighted by atomic mass is 10.1. The van der Waals surface area contributed by atoms with Gasteiger partial charge in [0.05, 0.1) is 5.69 Å². The quantitative estimate of drug-likeness (QED) is 0.904. The molecule has 0 fully saturated rings. The minimum Gasteiger partial charge on any atom is -0.349 e. The molecule has 1 heterocycles. The van der Waals surface area contributed by atoms with Crippen LogP contribution in [-0.4, -0.2) is 16.3 Å². The number of rotatable bonds is 3. The number of nitrogens with one attached hydrogen (secondary N) is 1. The first-order valence-corrected chi connectivity index (χ1v) is 6.27. The second kappa shape index (κ2) is 5.10. The van der Waals surface area contributed by atoms with Crippen LogP contribution in [0.4, 0.5) is 0 Å². The summed E-state index contributed by atoms with van der Waals surface area (Å²) in [6.07, 6.45) is 0. The van der Waals surface area contributed by atoms with E-state index in [2.05, 4.69) is 9.69 Å². The molecule has 0 atom stereocenters. The zero-order valence-electron chi connectivity index (χ0n) is 9.81. The summed E-state index contributed by atoms with van der Waals surface area (Å²) >= 11 is 1.23. The predicted molar refractivity (Wildman–Crippen MR) is 70.2 cm³/mol. The van der Waals surface area contributed by atoms with Crippen LogP contribution in [0, 0.1) is 0 Å². The Morgan fingerprint density at radius 1 is 1.29 bits per heavy atom. The third-order valence-corrected chi connectivity index (χ3v) is 3.01. The predicted octanol–water partition coefficient (Wildman–Crippen LogP) is 2.95. The van der Waals surface area contributed by atoms with Gasteiger partial charge in [0.15, 0.2) is 0 Å². The topological polar surface area (TPSA) is 42.0 Å². The Bertz CT molecular complexity index is 505. The van der Waals surface area contributed by atoms with E-state index in [0.29, 0.717) is 4.88 Å². The molecule has 17 heavy (non-hydrogen) atoms. The standard InChI is InChI=1S/C13H14N2OS/c1-9(2)14-13(16)12-8-11(15-17-12)10-6-4-3-5-7-10/h3-9H,1-2H3,(H,14,16). The van der Waals surface area contributed by atoms with Gasteiger partial charge in [0.1, 0.15) is 4.88 Å². The van der Waals surface area contributed by atoms with E-state index in [0.717, 1.165) is 11.3 Å². The number of benzene rings is 1. The van der Waals surface area contributed by atoms with Gasteiger partial charge >= 0.3 is 0 Å². The molecule has 2 rings (SSSR count). The summed E-state index contributed by atoms with van der Waals surface area (Å²) < 4.78 is 4.30. The van der Waals surface area contributed by atoms with E-state index >= 15 is 0 Å². The fourth-order valence-electron chi connectivity index (χ4n) is 1.46. The summed E-state index contributed by atoms with van der Waals surface area (Å²) in [5.74, 6) is -0.0559. The first-order chi connectivity index (χ1) is 8.16. The van der Waals surface area contributed by atoms with Gasteiger partial charge in [0.25, 0.3) is 5.91 Å². The molecule has 88 valence electrons. The van der Waals surface area contributed by atoms with Gasteiger partial charge in [-0.2, -0.15) is 4.37 Å². The Morgan fingerprint density at radius 2 is 2.00 bits per heavy atom. The van der Waals surface area contributed by atoms with Crippen LogP contribution in [0.2, 0.25) is 0 Å². The average Bonchev–Trinajstić information content (AvgIpc) is 2.78. The molecule has 0 saturated heterocycles. The fourth-order valence-corrected chi connectivity index (χ4v) is 2.12. The number of amides is 1. The highest BCUT2D eigenvalue weighted by molar-refractivity contribution is 7.08. The van der Waals surface area contributed by atoms with Crippen molar-refractivity contribution in [1.82, 2.24) is 9.69 Å². The molecule has 0 aliphatic heterocycles. The first kappa shape index (κ1) is 11.8. The molecule has 1 N–H and O–H groups in total. The van der Waals surface area contributed by atoms with Crippen LogP contribution in [0.5, 0.6) is 0 Å². The van der Waals surface area contributed by atoms with Gasteiger partial charge in [-0.3, -0.25) is 4.79 Å². The SMILES string of the molecule is CC(C)NC(=O)c1cc(-c2ccccc2)ns1. The molecular formula is C13H14N2OS. The third kappa shape index (κ3) is 2.91. The Labute approximate surface area is 105 Å². The van der Waals surface area contributed by atoms with Crippen molar-refractivity contribution in [3.05, 3.63) is 41.3 Å². The summed E-state index contributed by atoms with van der Waals surface area (Å²) in [5.41, 5.74) is 1.89. The zero-order valence-corrected chi connectivity index (χ0v) is 10.6. The van der Waals surface area contributed by atoms with Gasteiger partial charge in [0, 0.05) is 11.6 Å². The van der Waals surface area contributed by atoms with E-state index in [4.69, 9.17) is 0 Å². The summed E-state index contributed by atoms with van der Waals surface area (Å²) in [5, 5.41) is 2.86. The summed E-state index contributed by atoms with van der Waals surface area (Å²) in [7, 11) is 0. The number of carbonyl (C=O) groups is 1. The number of nitrogens with zero attached hydrogens (tertiary/aromatic N) is 1. The van der Waals surface area contributed by atoms with E-state index in [-0.39, 0.29) is 11.9 Å². The summed E-state index contributed by atoms with van der Waals surface area (Å²) in [6.45, 7) is 3.88. The van der Waals surface area contributed by atoms with Crippen LogP contribution in [0.1, 0.15) is 23.5 Å². The lowest BCUT2D eigenvalue weighted by Gasteiger charge is -2.05. The van der Waals surface area contributed by atoms with Crippen molar-refractivity contribution in [2.45, 2.75) is 19.9 Å². The normalized spacial score (nSPS) is 10.5. The number of aromatic nitrogens is 1. The second-order valence-electron chi connectivity index (χ2n) is 4.07. The molecule has 0 saturated carbocycles. The maximum absolute atomic E-state index is 11.8. The molecule has 3 nitrogen and oxygen atoms in total. The molecule has 2 aromatic rings. The van der Waals surface area contributed by atoms with Crippen LogP contribution in [0.25, 0.3) is 11.3 Å². The highest BCUT2D eigenvalue weighted by atomic mass is 32.1. The largest absolute Gasteiger partial charge is 0.349 e. The van der Waals surface area contributed by atoms with E-state index in [9.17, 15) is 4.79 Å². The lowest BCUT2D eigenvalue weighted by Crippen LogP contribution is -2.29. The van der Waals surface area contributed by atoms with Gasteiger partial charge in [-0.05, 0) is 31.4 Å². The highest BCUT2D eigenvalue weighted by Gasteiger charge is 2.11. The molecule has 0 aliphatic carbocycles. The Morgan fingerprint density at radius 3 is 2.65 bits per heavy atom. The van der Waals surface area contributed by atoms with E-state index in [1.165, 1.54) is 11.5 Å². The van der Waals surface area contributed by atoms with Crippen LogP contribution in [0.3, 0.4) is 0 Å². The molecule has 0 aliphatic rings. The van der Waals surface area contributed by atoms with E-state index in [1.54, 1.807) is 0 Å². The first-order valence-electron chi connectivity index (χ1n) is 5.50. The maximum atomic E-state index is 11.8. The molecule has 0 bridgehead atoms. The summed E-state index contributed by atoms with van der Waals surface area (Å²) in [6, 6.07) is 11.8. The van der Waals surface area contributed by atoms with Crippen molar-refractivity contribution in [1.29, 1.82) is 0 Å². The van der Waals surface area contributed by atoms with Crippen molar-refractivity contribution in [3.8, 4) is 11.3 Å². The van der Waals surface area contributed by atoms with Crippen molar-refractivity contribution in [2.24, 2.45) is 0 Å². The zero-order chi connectivity index (χ0) is 12.3. The Kier molecular flexibility index (Phi) is 3.54. The second-order valence-corrected chi connectivity index (χ2v) is 4.88. The van der Waals surface area contributed by atoms with Gasteiger partial charge < -0.3 is 5.32 Å². The molecule has 0 unspecified atom stereocenters. The molecule has 1 amide bonds. The number of carbonyl (C=O) groups excluding carboxylic acids is 1. The van der Waals surface area contributed by atoms with Crippen molar-refractivity contribution < 1.29 is 4.79 Å². The monoisotopic (exact) mass is 246 g/mol. The molecular weight excluding hydrogens is 232 g/mol. The number of hydrogen-bond acceptors (Lipinski definition) is 3. The molecule has 1 aromatic heterocycles. The van der Waals surface area contributed by atoms with Crippen molar-refractivity contribution >= 4 is 17.4 Å². The van der Waals surface area contributed by atoms with E-state index < -0.39 is 0 Å². The van der Waals surface area contributed by atoms with E-state index in [1.807, 2.05) is 50.2 Å². The van der Waals surface area contributed by atoms with Gasteiger partial charge in [-0.25, -0.2) is 0 Å². The molecule has 0 spiro atoms. The Balaban J connectivity index is 2.19. The van der Waals surface area contributed by atoms with Gasteiger partial charge in [-0.15, -0.1) is 0 Å². The van der Waals surface area contributed by atoms with Crippen LogP contribution >= 0.6 is 11.5 Å². The van der Waals surface area contributed by atoms with Crippen LogP contribution < -0.4 is 5.32 Å². The van der Waals surface area contributed by atoms with Crippen molar-refractivity contribution in [3.63, 3.8) is 0 Å². The van der Waals surface area contributed by atoms with Crippen LogP contribution in [-0.2, 0) is 0 Å². The lowest BCUT2D eigenvalue weighted by molar-refractivity contribution is 0.0947. The Hall–Kier alpha value is -1.68. The van der Waals surface area contributed by atoms with Gasteiger partial charge in [0.2, 0.25) is 0 Å². The average molecular weight is 246 g/mol. The number of hydrogen-bond donors (Lipinski definition) is 1. The smallest absolute Gasteiger partial charge is 0.263 e. The minimum atomic E-state index is -0.0559.